The third-order valence-electron chi connectivity index (χ3n) is 4.01. The molecule has 0 aliphatic carbocycles. The summed E-state index contributed by atoms with van der Waals surface area (Å²) in [5, 5.41) is 0.488. The standard InChI is InChI=1S/C21H17ClFNO3/c1-26-21(25)17-12-15(24)10-11-19(17)27-20(13-6-8-14(23)9-7-13)16-4-2-3-5-18(16)22/h2-12,20H,24H2,1H3. The zero-order chi connectivity index (χ0) is 19.4. The highest BCUT2D eigenvalue weighted by molar-refractivity contribution is 6.31. The molecule has 0 spiro atoms. The van der Waals surface area contributed by atoms with Crippen LogP contribution in [0.3, 0.4) is 0 Å². The minimum atomic E-state index is -0.661. The highest BCUT2D eigenvalue weighted by Gasteiger charge is 2.22. The number of halogens is 2. The number of methoxy groups -OCH3 is 1. The zero-order valence-electron chi connectivity index (χ0n) is 14.5. The van der Waals surface area contributed by atoms with E-state index in [-0.39, 0.29) is 17.1 Å². The minimum absolute atomic E-state index is 0.191. The summed E-state index contributed by atoms with van der Waals surface area (Å²) in [6.07, 6.45) is -0.661. The van der Waals surface area contributed by atoms with Crippen LogP contribution in [0.1, 0.15) is 27.6 Å². The normalized spacial score (nSPS) is 11.7. The Balaban J connectivity index is 2.09. The monoisotopic (exact) mass is 385 g/mol. The van der Waals surface area contributed by atoms with Crippen LogP contribution in [-0.4, -0.2) is 13.1 Å². The molecular weight excluding hydrogens is 369 g/mol. The van der Waals surface area contributed by atoms with E-state index >= 15 is 0 Å². The molecule has 3 aromatic carbocycles. The Morgan fingerprint density at radius 2 is 1.78 bits per heavy atom. The molecule has 0 amide bonds. The number of benzene rings is 3. The lowest BCUT2D eigenvalue weighted by atomic mass is 10.0. The summed E-state index contributed by atoms with van der Waals surface area (Å²) in [4.78, 5) is 12.1. The second kappa shape index (κ2) is 8.10. The summed E-state index contributed by atoms with van der Waals surface area (Å²) in [5.41, 5.74) is 7.74. The first-order chi connectivity index (χ1) is 13.0. The molecule has 0 bridgehead atoms. The van der Waals surface area contributed by atoms with E-state index in [1.807, 2.05) is 12.1 Å². The first-order valence-corrected chi connectivity index (χ1v) is 8.52. The molecule has 4 nitrogen and oxygen atoms in total. The van der Waals surface area contributed by atoms with E-state index < -0.39 is 12.1 Å². The SMILES string of the molecule is COC(=O)c1cc(N)ccc1OC(c1ccc(F)cc1)c1ccccc1Cl. The lowest BCUT2D eigenvalue weighted by Gasteiger charge is -2.22. The van der Waals surface area contributed by atoms with Crippen molar-refractivity contribution in [1.82, 2.24) is 0 Å². The Bertz CT molecular complexity index is 960. The van der Waals surface area contributed by atoms with Crippen molar-refractivity contribution in [3.8, 4) is 5.75 Å². The van der Waals surface area contributed by atoms with Crippen molar-refractivity contribution in [1.29, 1.82) is 0 Å². The molecule has 1 unspecified atom stereocenters. The largest absolute Gasteiger partial charge is 0.480 e. The number of esters is 1. The highest BCUT2D eigenvalue weighted by atomic mass is 35.5. The van der Waals surface area contributed by atoms with Crippen LogP contribution in [0, 0.1) is 5.82 Å². The first-order valence-electron chi connectivity index (χ1n) is 8.14. The van der Waals surface area contributed by atoms with Crippen molar-refractivity contribution in [2.24, 2.45) is 0 Å². The van der Waals surface area contributed by atoms with Crippen LogP contribution < -0.4 is 10.5 Å². The number of hydrogen-bond donors (Lipinski definition) is 1. The van der Waals surface area contributed by atoms with Crippen LogP contribution in [0.4, 0.5) is 10.1 Å². The smallest absolute Gasteiger partial charge is 0.341 e. The predicted octanol–water partition coefficient (Wildman–Crippen LogP) is 5.02. The molecule has 0 heterocycles. The summed E-state index contributed by atoms with van der Waals surface area (Å²) >= 11 is 6.36. The summed E-state index contributed by atoms with van der Waals surface area (Å²) < 4.78 is 24.3. The topological polar surface area (TPSA) is 61.5 Å². The fraction of sp³-hybridized carbons (Fsp3) is 0.0952. The van der Waals surface area contributed by atoms with E-state index in [0.717, 1.165) is 0 Å². The zero-order valence-corrected chi connectivity index (χ0v) is 15.2. The molecule has 1 atom stereocenters. The van der Waals surface area contributed by atoms with E-state index in [4.69, 9.17) is 26.8 Å². The summed E-state index contributed by atoms with van der Waals surface area (Å²) in [6.45, 7) is 0. The van der Waals surface area contributed by atoms with Gasteiger partial charge in [-0.2, -0.15) is 0 Å². The maximum absolute atomic E-state index is 13.4. The molecule has 0 aromatic heterocycles. The van der Waals surface area contributed by atoms with Gasteiger partial charge in [0.15, 0.2) is 6.10 Å². The van der Waals surface area contributed by atoms with Gasteiger partial charge >= 0.3 is 5.97 Å². The van der Waals surface area contributed by atoms with Gasteiger partial charge in [0.25, 0.3) is 0 Å². The Morgan fingerprint density at radius 1 is 1.07 bits per heavy atom. The van der Waals surface area contributed by atoms with Gasteiger partial charge in [0.05, 0.1) is 7.11 Å². The molecule has 3 aromatic rings. The van der Waals surface area contributed by atoms with Gasteiger partial charge in [0.1, 0.15) is 17.1 Å². The van der Waals surface area contributed by atoms with E-state index in [2.05, 4.69) is 0 Å². The number of nitrogens with two attached hydrogens (primary N) is 1. The highest BCUT2D eigenvalue weighted by Crippen LogP contribution is 2.35. The van der Waals surface area contributed by atoms with Crippen LogP contribution in [0.15, 0.2) is 66.7 Å². The lowest BCUT2D eigenvalue weighted by Crippen LogP contribution is -2.13. The Morgan fingerprint density at radius 3 is 2.44 bits per heavy atom. The summed E-state index contributed by atoms with van der Waals surface area (Å²) in [6, 6.07) is 17.8. The molecular formula is C21H17ClFNO3. The van der Waals surface area contributed by atoms with Crippen LogP contribution in [0.2, 0.25) is 5.02 Å². The molecule has 6 heteroatoms. The molecule has 0 saturated carbocycles. The summed E-state index contributed by atoms with van der Waals surface area (Å²) in [7, 11) is 1.28. The molecule has 2 N–H and O–H groups in total. The average molecular weight is 386 g/mol. The Hall–Kier alpha value is -3.05. The van der Waals surface area contributed by atoms with Gasteiger partial charge in [-0.15, -0.1) is 0 Å². The quantitative estimate of drug-likeness (QED) is 0.495. The van der Waals surface area contributed by atoms with Crippen molar-refractivity contribution in [2.75, 3.05) is 12.8 Å². The van der Waals surface area contributed by atoms with E-state index in [1.54, 1.807) is 36.4 Å². The van der Waals surface area contributed by atoms with Crippen LogP contribution in [-0.2, 0) is 4.74 Å². The van der Waals surface area contributed by atoms with Gasteiger partial charge in [0.2, 0.25) is 0 Å². The number of anilines is 1. The van der Waals surface area contributed by atoms with E-state index in [9.17, 15) is 9.18 Å². The Kier molecular flexibility index (Phi) is 5.62. The number of rotatable bonds is 5. The van der Waals surface area contributed by atoms with E-state index in [1.165, 1.54) is 25.3 Å². The van der Waals surface area contributed by atoms with Crippen LogP contribution in [0.25, 0.3) is 0 Å². The van der Waals surface area contributed by atoms with Crippen LogP contribution >= 0.6 is 11.6 Å². The molecule has 0 saturated heterocycles. The van der Waals surface area contributed by atoms with Gasteiger partial charge in [-0.05, 0) is 42.0 Å². The lowest BCUT2D eigenvalue weighted by molar-refractivity contribution is 0.0594. The molecule has 0 aliphatic heterocycles. The predicted molar refractivity (Wildman–Crippen MR) is 103 cm³/mol. The van der Waals surface area contributed by atoms with Crippen molar-refractivity contribution in [3.05, 3.63) is 94.3 Å². The fourth-order valence-electron chi connectivity index (χ4n) is 2.68. The summed E-state index contributed by atoms with van der Waals surface area (Å²) in [5.74, 6) is -0.654. The second-order valence-corrected chi connectivity index (χ2v) is 6.23. The third kappa shape index (κ3) is 4.20. The third-order valence-corrected chi connectivity index (χ3v) is 4.36. The van der Waals surface area contributed by atoms with Gasteiger partial charge < -0.3 is 15.2 Å². The Labute approximate surface area is 161 Å². The van der Waals surface area contributed by atoms with Crippen molar-refractivity contribution in [2.45, 2.75) is 6.10 Å². The van der Waals surface area contributed by atoms with Gasteiger partial charge in [-0.25, -0.2) is 9.18 Å². The number of nitrogen functional groups attached to an aromatic ring is 1. The molecule has 0 aliphatic rings. The second-order valence-electron chi connectivity index (χ2n) is 5.82. The molecule has 0 radical (unpaired) electrons. The molecule has 138 valence electrons. The maximum atomic E-state index is 13.4. The maximum Gasteiger partial charge on any atom is 0.341 e. The molecule has 0 fully saturated rings. The van der Waals surface area contributed by atoms with Crippen molar-refractivity contribution in [3.63, 3.8) is 0 Å². The van der Waals surface area contributed by atoms with Gasteiger partial charge in [-0.1, -0.05) is 41.9 Å². The minimum Gasteiger partial charge on any atom is -0.480 e. The average Bonchev–Trinajstić information content (AvgIpc) is 2.68. The molecule has 27 heavy (non-hydrogen) atoms. The van der Waals surface area contributed by atoms with Gasteiger partial charge in [0, 0.05) is 16.3 Å². The van der Waals surface area contributed by atoms with Crippen LogP contribution in [0.5, 0.6) is 5.75 Å². The number of ether oxygens (including phenoxy) is 2. The van der Waals surface area contributed by atoms with Crippen molar-refractivity contribution >= 4 is 23.3 Å². The van der Waals surface area contributed by atoms with Crippen molar-refractivity contribution < 1.29 is 18.7 Å². The van der Waals surface area contributed by atoms with E-state index in [0.29, 0.717) is 21.8 Å². The molecule has 3 rings (SSSR count). The number of carbonyl (C=O) groups is 1. The fourth-order valence-corrected chi connectivity index (χ4v) is 2.92. The number of hydrogen-bond acceptors (Lipinski definition) is 4. The first kappa shape index (κ1) is 18.7. The number of carbonyl (C=O) groups excluding carboxylic acids is 1. The van der Waals surface area contributed by atoms with Gasteiger partial charge in [-0.3, -0.25) is 0 Å².